The lowest BCUT2D eigenvalue weighted by Crippen LogP contribution is -2.42. The maximum Gasteiger partial charge on any atom is 0.407 e. The average molecular weight is 587 g/mol. The van der Waals surface area contributed by atoms with Crippen LogP contribution in [0.1, 0.15) is 53.9 Å². The Bertz CT molecular complexity index is 1330. The number of carbonyl (C=O) groups is 1. The summed E-state index contributed by atoms with van der Waals surface area (Å²) in [6, 6.07) is 24.6. The van der Waals surface area contributed by atoms with E-state index >= 15 is 0 Å². The van der Waals surface area contributed by atoms with Crippen molar-refractivity contribution in [3.8, 4) is 11.1 Å². The molecule has 0 bridgehead atoms. The van der Waals surface area contributed by atoms with Crippen LogP contribution < -0.4 is 5.32 Å². The maximum absolute atomic E-state index is 12.0. The second-order valence-electron chi connectivity index (χ2n) is 11.1. The SMILES string of the molecule is C=CCOC(=O)NCc1ccccc1-c1ccc(C2OC(CN3CCCC3COC)CC(c3ccc(CO)cc3)O2)cc1. The first kappa shape index (κ1) is 30.9. The third-order valence-corrected chi connectivity index (χ3v) is 8.18. The number of aliphatic hydroxyl groups is 1. The van der Waals surface area contributed by atoms with Gasteiger partial charge in [-0.1, -0.05) is 85.5 Å². The highest BCUT2D eigenvalue weighted by Gasteiger charge is 2.35. The molecule has 2 fully saturated rings. The van der Waals surface area contributed by atoms with Crippen molar-refractivity contribution in [3.63, 3.8) is 0 Å². The van der Waals surface area contributed by atoms with Gasteiger partial charge in [-0.3, -0.25) is 4.90 Å². The largest absolute Gasteiger partial charge is 0.445 e. The van der Waals surface area contributed by atoms with Crippen LogP contribution in [0.3, 0.4) is 0 Å². The minimum absolute atomic E-state index is 0.00829. The third kappa shape index (κ3) is 8.10. The smallest absolute Gasteiger partial charge is 0.407 e. The Balaban J connectivity index is 1.33. The molecule has 2 aliphatic heterocycles. The summed E-state index contributed by atoms with van der Waals surface area (Å²) in [5.41, 5.74) is 5.95. The van der Waals surface area contributed by atoms with Gasteiger partial charge in [-0.05, 0) is 47.2 Å². The van der Waals surface area contributed by atoms with Crippen molar-refractivity contribution >= 4 is 6.09 Å². The molecule has 2 aliphatic rings. The minimum atomic E-state index is -0.518. The second kappa shape index (κ2) is 15.3. The highest BCUT2D eigenvalue weighted by Crippen LogP contribution is 2.39. The molecule has 4 atom stereocenters. The summed E-state index contributed by atoms with van der Waals surface area (Å²) < 4.78 is 23.7. The van der Waals surface area contributed by atoms with E-state index in [1.807, 2.05) is 48.5 Å². The molecule has 8 heteroatoms. The first-order chi connectivity index (χ1) is 21.1. The van der Waals surface area contributed by atoms with Crippen molar-refractivity contribution < 1.29 is 28.8 Å². The number of hydrogen-bond acceptors (Lipinski definition) is 7. The van der Waals surface area contributed by atoms with Gasteiger partial charge in [0.05, 0.1) is 25.4 Å². The van der Waals surface area contributed by atoms with Crippen LogP contribution in [0.2, 0.25) is 0 Å². The first-order valence-corrected chi connectivity index (χ1v) is 15.0. The monoisotopic (exact) mass is 586 g/mol. The lowest BCUT2D eigenvalue weighted by molar-refractivity contribution is -0.253. The van der Waals surface area contributed by atoms with Crippen molar-refractivity contribution in [3.05, 3.63) is 108 Å². The molecule has 0 radical (unpaired) electrons. The van der Waals surface area contributed by atoms with Crippen molar-refractivity contribution in [1.29, 1.82) is 0 Å². The highest BCUT2D eigenvalue weighted by atomic mass is 16.7. The summed E-state index contributed by atoms with van der Waals surface area (Å²) in [5, 5.41) is 12.3. The molecule has 3 aromatic carbocycles. The summed E-state index contributed by atoms with van der Waals surface area (Å²) in [7, 11) is 1.76. The number of rotatable bonds is 12. The number of ether oxygens (including phenoxy) is 4. The first-order valence-electron chi connectivity index (χ1n) is 15.0. The average Bonchev–Trinajstić information content (AvgIpc) is 3.49. The number of nitrogens with zero attached hydrogens (tertiary/aromatic N) is 1. The van der Waals surface area contributed by atoms with Gasteiger partial charge < -0.3 is 29.4 Å². The van der Waals surface area contributed by atoms with E-state index in [9.17, 15) is 9.90 Å². The number of likely N-dealkylation sites (tertiary alicyclic amines) is 1. The summed E-state index contributed by atoms with van der Waals surface area (Å²) >= 11 is 0. The molecule has 8 nitrogen and oxygen atoms in total. The van der Waals surface area contributed by atoms with Gasteiger partial charge in [-0.15, -0.1) is 0 Å². The van der Waals surface area contributed by atoms with Crippen LogP contribution in [-0.2, 0) is 32.1 Å². The van der Waals surface area contributed by atoms with Gasteiger partial charge in [0.2, 0.25) is 0 Å². The number of alkyl carbamates (subject to hydrolysis) is 1. The van der Waals surface area contributed by atoms with E-state index in [1.165, 1.54) is 12.5 Å². The van der Waals surface area contributed by atoms with Gasteiger partial charge in [0.25, 0.3) is 0 Å². The third-order valence-electron chi connectivity index (χ3n) is 8.18. The number of benzene rings is 3. The molecular weight excluding hydrogens is 544 g/mol. The zero-order valence-corrected chi connectivity index (χ0v) is 24.8. The normalized spacial score (nSPS) is 22.3. The Morgan fingerprint density at radius 2 is 1.84 bits per heavy atom. The number of methoxy groups -OCH3 is 1. The summed E-state index contributed by atoms with van der Waals surface area (Å²) in [4.78, 5) is 14.5. The maximum atomic E-state index is 12.0. The minimum Gasteiger partial charge on any atom is -0.445 e. The zero-order valence-electron chi connectivity index (χ0n) is 24.8. The Morgan fingerprint density at radius 3 is 2.58 bits per heavy atom. The van der Waals surface area contributed by atoms with Crippen LogP contribution >= 0.6 is 0 Å². The van der Waals surface area contributed by atoms with Gasteiger partial charge in [0, 0.05) is 38.2 Å². The topological polar surface area (TPSA) is 89.5 Å². The van der Waals surface area contributed by atoms with Gasteiger partial charge in [-0.25, -0.2) is 4.79 Å². The summed E-state index contributed by atoms with van der Waals surface area (Å²) in [6.45, 7) is 6.70. The second-order valence-corrected chi connectivity index (χ2v) is 11.1. The number of carbonyl (C=O) groups excluding carboxylic acids is 1. The molecule has 2 saturated heterocycles. The number of nitrogens with one attached hydrogen (secondary N) is 1. The van der Waals surface area contributed by atoms with Crippen molar-refractivity contribution in [2.45, 2.75) is 57.0 Å². The fourth-order valence-electron chi connectivity index (χ4n) is 5.94. The zero-order chi connectivity index (χ0) is 30.0. The van der Waals surface area contributed by atoms with Crippen molar-refractivity contribution in [1.82, 2.24) is 10.2 Å². The van der Waals surface area contributed by atoms with Crippen LogP contribution in [-0.4, -0.2) is 61.7 Å². The van der Waals surface area contributed by atoms with E-state index in [2.05, 4.69) is 41.1 Å². The van der Waals surface area contributed by atoms with E-state index in [4.69, 9.17) is 18.9 Å². The van der Waals surface area contributed by atoms with Gasteiger partial charge in [0.15, 0.2) is 6.29 Å². The molecule has 4 unspecified atom stereocenters. The lowest BCUT2D eigenvalue weighted by atomic mass is 9.97. The van der Waals surface area contributed by atoms with Gasteiger partial charge in [0.1, 0.15) is 6.61 Å². The number of aliphatic hydroxyl groups excluding tert-OH is 1. The number of amides is 1. The molecular formula is C35H42N2O6. The molecule has 0 aromatic heterocycles. The Hall–Kier alpha value is -3.53. The van der Waals surface area contributed by atoms with Crippen LogP contribution in [0.15, 0.2) is 85.5 Å². The molecule has 0 aliphatic carbocycles. The van der Waals surface area contributed by atoms with E-state index in [0.29, 0.717) is 12.6 Å². The quantitative estimate of drug-likeness (QED) is 0.255. The molecule has 2 heterocycles. The van der Waals surface area contributed by atoms with Crippen LogP contribution in [0.5, 0.6) is 0 Å². The Labute approximate surface area is 254 Å². The van der Waals surface area contributed by atoms with Crippen molar-refractivity contribution in [2.75, 3.05) is 33.4 Å². The lowest BCUT2D eigenvalue weighted by Gasteiger charge is -2.38. The summed E-state index contributed by atoms with van der Waals surface area (Å²) in [5.74, 6) is 0. The van der Waals surface area contributed by atoms with Gasteiger partial charge >= 0.3 is 6.09 Å². The summed E-state index contributed by atoms with van der Waals surface area (Å²) in [6.07, 6.45) is 3.46. The molecule has 0 saturated carbocycles. The molecule has 2 N–H and O–H groups in total. The molecule has 43 heavy (non-hydrogen) atoms. The highest BCUT2D eigenvalue weighted by molar-refractivity contribution is 5.70. The van der Waals surface area contributed by atoms with Crippen molar-refractivity contribution in [2.24, 2.45) is 0 Å². The fraction of sp³-hybridized carbons (Fsp3) is 0.400. The predicted molar refractivity (Wildman–Crippen MR) is 165 cm³/mol. The molecule has 1 amide bonds. The van der Waals surface area contributed by atoms with Crippen LogP contribution in [0, 0.1) is 0 Å². The molecule has 228 valence electrons. The molecule has 0 spiro atoms. The predicted octanol–water partition coefficient (Wildman–Crippen LogP) is 5.91. The van der Waals surface area contributed by atoms with E-state index < -0.39 is 12.4 Å². The van der Waals surface area contributed by atoms with Gasteiger partial charge in [-0.2, -0.15) is 0 Å². The Kier molecular flexibility index (Phi) is 11.0. The standard InChI is InChI=1S/C35H42N2O6/c1-3-19-41-35(39)36-21-29-7-4-5-9-32(29)26-14-16-28(17-15-26)34-42-31(22-37-18-6-8-30(37)24-40-2)20-33(43-34)27-12-10-25(23-38)11-13-27/h3-5,7,9-17,30-31,33-34,38H,1,6,8,18-24H2,2H3,(H,36,39). The van der Waals surface area contributed by atoms with Crippen LogP contribution in [0.4, 0.5) is 4.79 Å². The number of hydrogen-bond donors (Lipinski definition) is 2. The van der Waals surface area contributed by atoms with E-state index in [0.717, 1.165) is 65.9 Å². The molecule has 3 aromatic rings. The fourth-order valence-corrected chi connectivity index (χ4v) is 5.94. The Morgan fingerprint density at radius 1 is 1.07 bits per heavy atom. The van der Waals surface area contributed by atoms with Crippen LogP contribution in [0.25, 0.3) is 11.1 Å². The van der Waals surface area contributed by atoms with E-state index in [1.54, 1.807) is 7.11 Å². The molecule has 5 rings (SSSR count). The van der Waals surface area contributed by atoms with E-state index in [-0.39, 0.29) is 25.4 Å².